The molecule has 1 aliphatic heterocycles. The molecule has 19 heavy (non-hydrogen) atoms. The highest BCUT2D eigenvalue weighted by molar-refractivity contribution is 5.71. The minimum atomic E-state index is -0.954. The molecular formula is C14H19NO4. The number of benzene rings is 1. The van der Waals surface area contributed by atoms with Crippen molar-refractivity contribution >= 4 is 5.97 Å². The summed E-state index contributed by atoms with van der Waals surface area (Å²) >= 11 is 0. The first-order chi connectivity index (χ1) is 9.02. The second-order valence-corrected chi connectivity index (χ2v) is 4.94. The molecule has 1 aromatic carbocycles. The lowest BCUT2D eigenvalue weighted by molar-refractivity contribution is -0.147. The molecule has 0 bridgehead atoms. The van der Waals surface area contributed by atoms with Crippen molar-refractivity contribution in [1.82, 2.24) is 5.32 Å². The van der Waals surface area contributed by atoms with Gasteiger partial charge in [-0.3, -0.25) is 4.79 Å². The summed E-state index contributed by atoms with van der Waals surface area (Å²) in [7, 11) is 1.63. The number of piperidine rings is 1. The van der Waals surface area contributed by atoms with Gasteiger partial charge in [0.2, 0.25) is 0 Å². The fraction of sp³-hybridized carbons (Fsp3) is 0.500. The molecule has 5 nitrogen and oxygen atoms in total. The van der Waals surface area contributed by atoms with Crippen LogP contribution in [-0.4, -0.2) is 35.9 Å². The Hall–Kier alpha value is -1.59. The number of nitrogens with one attached hydrogen (secondary N) is 1. The monoisotopic (exact) mass is 265 g/mol. The summed E-state index contributed by atoms with van der Waals surface area (Å²) in [6, 6.07) is 5.82. The zero-order valence-corrected chi connectivity index (χ0v) is 11.1. The molecule has 0 amide bonds. The highest BCUT2D eigenvalue weighted by atomic mass is 16.5. The van der Waals surface area contributed by atoms with E-state index in [0.717, 1.165) is 16.9 Å². The van der Waals surface area contributed by atoms with E-state index in [2.05, 4.69) is 5.32 Å². The van der Waals surface area contributed by atoms with Crippen molar-refractivity contribution in [2.45, 2.75) is 25.5 Å². The molecule has 0 aliphatic carbocycles. The average molecular weight is 265 g/mol. The van der Waals surface area contributed by atoms with Gasteiger partial charge in [0.25, 0.3) is 0 Å². The van der Waals surface area contributed by atoms with Gasteiger partial charge in [0.05, 0.1) is 19.1 Å². The number of hydrogen-bond acceptors (Lipinski definition) is 4. The fourth-order valence-electron chi connectivity index (χ4n) is 2.52. The van der Waals surface area contributed by atoms with Crippen LogP contribution in [0.25, 0.3) is 0 Å². The maximum Gasteiger partial charge on any atom is 0.310 e. The van der Waals surface area contributed by atoms with E-state index in [1.165, 1.54) is 0 Å². The summed E-state index contributed by atoms with van der Waals surface area (Å²) in [5.41, 5.74) is 2.07. The first-order valence-corrected chi connectivity index (χ1v) is 6.31. The SMILES string of the molecule is COc1ccc(C2CC(O)C(C(=O)O)CN2)cc1C. The number of aliphatic carboxylic acids is 1. The number of carbonyl (C=O) groups is 1. The molecule has 3 atom stereocenters. The molecule has 0 radical (unpaired) electrons. The molecule has 5 heteroatoms. The fourth-order valence-corrected chi connectivity index (χ4v) is 2.52. The third kappa shape index (κ3) is 2.88. The van der Waals surface area contributed by atoms with Crippen molar-refractivity contribution in [1.29, 1.82) is 0 Å². The van der Waals surface area contributed by atoms with E-state index in [4.69, 9.17) is 9.84 Å². The van der Waals surface area contributed by atoms with E-state index in [1.807, 2.05) is 25.1 Å². The molecule has 1 aromatic rings. The van der Waals surface area contributed by atoms with E-state index < -0.39 is 18.0 Å². The quantitative estimate of drug-likeness (QED) is 0.762. The maximum absolute atomic E-state index is 10.9. The zero-order chi connectivity index (χ0) is 14.0. The third-order valence-electron chi connectivity index (χ3n) is 3.66. The molecule has 2 rings (SSSR count). The van der Waals surface area contributed by atoms with Crippen LogP contribution >= 0.6 is 0 Å². The lowest BCUT2D eigenvalue weighted by Gasteiger charge is -2.32. The number of aryl methyl sites for hydroxylation is 1. The summed E-state index contributed by atoms with van der Waals surface area (Å²) in [6.07, 6.45) is -0.408. The average Bonchev–Trinajstić information content (AvgIpc) is 2.38. The van der Waals surface area contributed by atoms with Crippen molar-refractivity contribution in [3.8, 4) is 5.75 Å². The first-order valence-electron chi connectivity index (χ1n) is 6.31. The minimum Gasteiger partial charge on any atom is -0.496 e. The Balaban J connectivity index is 2.12. The summed E-state index contributed by atoms with van der Waals surface area (Å²) in [5, 5.41) is 22.0. The summed E-state index contributed by atoms with van der Waals surface area (Å²) < 4.78 is 5.21. The smallest absolute Gasteiger partial charge is 0.310 e. The lowest BCUT2D eigenvalue weighted by Crippen LogP contribution is -2.45. The number of hydrogen-bond donors (Lipinski definition) is 3. The Bertz CT molecular complexity index is 475. The molecule has 3 N–H and O–H groups in total. The number of carboxylic acid groups (broad SMARTS) is 1. The van der Waals surface area contributed by atoms with Gasteiger partial charge in [-0.25, -0.2) is 0 Å². The van der Waals surface area contributed by atoms with E-state index >= 15 is 0 Å². The van der Waals surface area contributed by atoms with Gasteiger partial charge in [-0.05, 0) is 30.5 Å². The maximum atomic E-state index is 10.9. The molecule has 0 aromatic heterocycles. The number of methoxy groups -OCH3 is 1. The van der Waals surface area contributed by atoms with Crippen LogP contribution in [0.5, 0.6) is 5.75 Å². The highest BCUT2D eigenvalue weighted by Gasteiger charge is 2.34. The standard InChI is InChI=1S/C14H19NO4/c1-8-5-9(3-4-13(8)19-2)11-6-12(16)10(7-15-11)14(17)18/h3-5,10-12,15-16H,6-7H2,1-2H3,(H,17,18). The Labute approximate surface area is 112 Å². The van der Waals surface area contributed by atoms with Gasteiger partial charge in [-0.1, -0.05) is 12.1 Å². The van der Waals surface area contributed by atoms with Crippen LogP contribution in [0.3, 0.4) is 0 Å². The van der Waals surface area contributed by atoms with Gasteiger partial charge >= 0.3 is 5.97 Å². The van der Waals surface area contributed by atoms with Crippen molar-refractivity contribution < 1.29 is 19.7 Å². The lowest BCUT2D eigenvalue weighted by atomic mass is 9.88. The van der Waals surface area contributed by atoms with Crippen LogP contribution in [0.1, 0.15) is 23.6 Å². The number of rotatable bonds is 3. The van der Waals surface area contributed by atoms with Crippen LogP contribution < -0.4 is 10.1 Å². The predicted molar refractivity (Wildman–Crippen MR) is 70.2 cm³/mol. The molecule has 0 saturated carbocycles. The number of aliphatic hydroxyl groups is 1. The van der Waals surface area contributed by atoms with Gasteiger partial charge in [-0.15, -0.1) is 0 Å². The molecule has 0 spiro atoms. The van der Waals surface area contributed by atoms with Crippen LogP contribution in [0.2, 0.25) is 0 Å². The molecule has 104 valence electrons. The first kappa shape index (κ1) is 13.8. The third-order valence-corrected chi connectivity index (χ3v) is 3.66. The molecule has 3 unspecified atom stereocenters. The van der Waals surface area contributed by atoms with Crippen LogP contribution in [-0.2, 0) is 4.79 Å². The van der Waals surface area contributed by atoms with E-state index in [-0.39, 0.29) is 12.6 Å². The Morgan fingerprint density at radius 3 is 2.74 bits per heavy atom. The molecule has 1 heterocycles. The predicted octanol–water partition coefficient (Wildman–Crippen LogP) is 1.10. The van der Waals surface area contributed by atoms with E-state index in [0.29, 0.717) is 6.42 Å². The molecule has 1 fully saturated rings. The highest BCUT2D eigenvalue weighted by Crippen LogP contribution is 2.29. The van der Waals surface area contributed by atoms with Gasteiger partial charge < -0.3 is 20.3 Å². The normalized spacial score (nSPS) is 27.0. The number of ether oxygens (including phenoxy) is 1. The Kier molecular flexibility index (Phi) is 4.07. The van der Waals surface area contributed by atoms with E-state index in [9.17, 15) is 9.90 Å². The largest absolute Gasteiger partial charge is 0.496 e. The Morgan fingerprint density at radius 1 is 1.47 bits per heavy atom. The second kappa shape index (κ2) is 5.59. The van der Waals surface area contributed by atoms with Gasteiger partial charge in [0.1, 0.15) is 5.75 Å². The number of carboxylic acids is 1. The van der Waals surface area contributed by atoms with Crippen LogP contribution in [0.15, 0.2) is 18.2 Å². The molecule has 1 aliphatic rings. The van der Waals surface area contributed by atoms with Crippen LogP contribution in [0, 0.1) is 12.8 Å². The van der Waals surface area contributed by atoms with Gasteiger partial charge in [-0.2, -0.15) is 0 Å². The second-order valence-electron chi connectivity index (χ2n) is 4.94. The molecule has 1 saturated heterocycles. The van der Waals surface area contributed by atoms with Crippen LogP contribution in [0.4, 0.5) is 0 Å². The van der Waals surface area contributed by atoms with Gasteiger partial charge in [0, 0.05) is 12.6 Å². The van der Waals surface area contributed by atoms with E-state index in [1.54, 1.807) is 7.11 Å². The van der Waals surface area contributed by atoms with Crippen molar-refractivity contribution in [3.63, 3.8) is 0 Å². The van der Waals surface area contributed by atoms with Crippen molar-refractivity contribution in [2.75, 3.05) is 13.7 Å². The summed E-state index contributed by atoms with van der Waals surface area (Å²) in [4.78, 5) is 10.9. The molecular weight excluding hydrogens is 246 g/mol. The number of aliphatic hydroxyl groups excluding tert-OH is 1. The topological polar surface area (TPSA) is 78.8 Å². The minimum absolute atomic E-state index is 0.0183. The van der Waals surface area contributed by atoms with Crippen molar-refractivity contribution in [3.05, 3.63) is 29.3 Å². The zero-order valence-electron chi connectivity index (χ0n) is 11.1. The van der Waals surface area contributed by atoms with Gasteiger partial charge in [0.15, 0.2) is 0 Å². The Morgan fingerprint density at radius 2 is 2.21 bits per heavy atom. The summed E-state index contributed by atoms with van der Waals surface area (Å²) in [5.74, 6) is -0.858. The van der Waals surface area contributed by atoms with Crippen molar-refractivity contribution in [2.24, 2.45) is 5.92 Å². The summed E-state index contributed by atoms with van der Waals surface area (Å²) in [6.45, 7) is 2.24.